The van der Waals surface area contributed by atoms with Gasteiger partial charge < -0.3 is 10.1 Å². The van der Waals surface area contributed by atoms with Gasteiger partial charge in [0.05, 0.1) is 6.61 Å². The van der Waals surface area contributed by atoms with Gasteiger partial charge in [0.1, 0.15) is 17.1 Å². The lowest BCUT2D eigenvalue weighted by molar-refractivity contribution is -0.150. The highest BCUT2D eigenvalue weighted by Crippen LogP contribution is 2.27. The lowest BCUT2D eigenvalue weighted by Gasteiger charge is -2.12. The van der Waals surface area contributed by atoms with Gasteiger partial charge in [-0.1, -0.05) is 0 Å². The van der Waals surface area contributed by atoms with Gasteiger partial charge in [-0.3, -0.25) is 4.79 Å². The van der Waals surface area contributed by atoms with Crippen molar-refractivity contribution in [2.45, 2.75) is 24.4 Å². The largest absolute Gasteiger partial charge is 0.492 e. The van der Waals surface area contributed by atoms with Crippen LogP contribution in [0.1, 0.15) is 13.3 Å². The molecule has 118 valence electrons. The SMILES string of the molecule is CCOc1ccc(NC(=O)CC(F)(F)F)cc1S(N)(=O)=O. The molecule has 0 atom stereocenters. The molecule has 6 nitrogen and oxygen atoms in total. The van der Waals surface area contributed by atoms with Gasteiger partial charge in [-0.25, -0.2) is 13.6 Å². The Bertz CT molecular complexity index is 629. The zero-order valence-electron chi connectivity index (χ0n) is 10.9. The van der Waals surface area contributed by atoms with Crippen molar-refractivity contribution < 1.29 is 31.1 Å². The van der Waals surface area contributed by atoms with Crippen LogP contribution in [0.2, 0.25) is 0 Å². The van der Waals surface area contributed by atoms with Crippen molar-refractivity contribution >= 4 is 21.6 Å². The molecule has 0 aliphatic carbocycles. The minimum Gasteiger partial charge on any atom is -0.492 e. The van der Waals surface area contributed by atoms with Crippen molar-refractivity contribution in [3.8, 4) is 5.75 Å². The molecule has 10 heteroatoms. The van der Waals surface area contributed by atoms with E-state index in [1.165, 1.54) is 12.1 Å². The molecule has 1 rings (SSSR count). The number of sulfonamides is 1. The maximum Gasteiger partial charge on any atom is 0.397 e. The number of benzene rings is 1. The molecule has 1 amide bonds. The van der Waals surface area contributed by atoms with Gasteiger partial charge in [-0.2, -0.15) is 13.2 Å². The molecule has 0 aliphatic rings. The van der Waals surface area contributed by atoms with Crippen LogP contribution in [0.3, 0.4) is 0 Å². The maximum atomic E-state index is 12.0. The van der Waals surface area contributed by atoms with Gasteiger partial charge in [0.2, 0.25) is 15.9 Å². The van der Waals surface area contributed by atoms with Crippen LogP contribution >= 0.6 is 0 Å². The van der Waals surface area contributed by atoms with Crippen molar-refractivity contribution in [3.05, 3.63) is 18.2 Å². The number of halogens is 3. The Morgan fingerprint density at radius 3 is 2.48 bits per heavy atom. The van der Waals surface area contributed by atoms with Crippen molar-refractivity contribution in [2.24, 2.45) is 5.14 Å². The van der Waals surface area contributed by atoms with E-state index in [0.717, 1.165) is 6.07 Å². The van der Waals surface area contributed by atoms with Crippen LogP contribution < -0.4 is 15.2 Å². The minimum absolute atomic E-state index is 0.0474. The van der Waals surface area contributed by atoms with Gasteiger partial charge >= 0.3 is 6.18 Å². The summed E-state index contributed by atoms with van der Waals surface area (Å²) in [5, 5.41) is 6.93. The quantitative estimate of drug-likeness (QED) is 0.859. The number of ether oxygens (including phenoxy) is 1. The van der Waals surface area contributed by atoms with Crippen LogP contribution in [0.4, 0.5) is 18.9 Å². The summed E-state index contributed by atoms with van der Waals surface area (Å²) in [7, 11) is -4.15. The average molecular weight is 326 g/mol. The van der Waals surface area contributed by atoms with E-state index >= 15 is 0 Å². The number of hydrogen-bond acceptors (Lipinski definition) is 4. The van der Waals surface area contributed by atoms with E-state index in [1.54, 1.807) is 6.92 Å². The van der Waals surface area contributed by atoms with Crippen LogP contribution in [0.15, 0.2) is 23.1 Å². The predicted molar refractivity (Wildman–Crippen MR) is 68.3 cm³/mol. The summed E-state index contributed by atoms with van der Waals surface area (Å²) in [4.78, 5) is 10.7. The Hall–Kier alpha value is -1.81. The number of hydrogen-bond donors (Lipinski definition) is 2. The molecule has 0 heterocycles. The van der Waals surface area contributed by atoms with E-state index in [-0.39, 0.29) is 18.0 Å². The van der Waals surface area contributed by atoms with E-state index in [2.05, 4.69) is 0 Å². The molecule has 3 N–H and O–H groups in total. The fourth-order valence-corrected chi connectivity index (χ4v) is 2.17. The Morgan fingerprint density at radius 2 is 2.00 bits per heavy atom. The average Bonchev–Trinajstić information content (AvgIpc) is 2.27. The summed E-state index contributed by atoms with van der Waals surface area (Å²) in [6.07, 6.45) is -6.33. The normalized spacial score (nSPS) is 12.0. The smallest absolute Gasteiger partial charge is 0.397 e. The molecule has 0 aromatic heterocycles. The number of carbonyl (C=O) groups is 1. The molecule has 0 spiro atoms. The number of amides is 1. The molecular formula is C11H13F3N2O4S. The molecular weight excluding hydrogens is 313 g/mol. The predicted octanol–water partition coefficient (Wildman–Crippen LogP) is 1.62. The summed E-state index contributed by atoms with van der Waals surface area (Å²) in [6.45, 7) is 1.79. The topological polar surface area (TPSA) is 98.5 Å². The molecule has 0 unspecified atom stereocenters. The van der Waals surface area contributed by atoms with Gasteiger partial charge in [0, 0.05) is 5.69 Å². The summed E-state index contributed by atoms with van der Waals surface area (Å²) >= 11 is 0. The van der Waals surface area contributed by atoms with Crippen molar-refractivity contribution in [2.75, 3.05) is 11.9 Å². The minimum atomic E-state index is -4.65. The Labute approximate surface area is 119 Å². The Balaban J connectivity index is 3.04. The molecule has 0 saturated heterocycles. The standard InChI is InChI=1S/C11H13F3N2O4S/c1-2-20-8-4-3-7(5-9(8)21(15,18)19)16-10(17)6-11(12,13)14/h3-5H,2,6H2,1H3,(H,16,17)(H2,15,18,19). The van der Waals surface area contributed by atoms with Crippen LogP contribution in [0.5, 0.6) is 5.75 Å². The number of nitrogens with one attached hydrogen (secondary N) is 1. The summed E-state index contributed by atoms with van der Waals surface area (Å²) in [6, 6.07) is 3.36. The van der Waals surface area contributed by atoms with E-state index in [9.17, 15) is 26.4 Å². The van der Waals surface area contributed by atoms with Gasteiger partial charge in [0.15, 0.2) is 0 Å². The second-order valence-corrected chi connectivity index (χ2v) is 5.51. The molecule has 0 aliphatic heterocycles. The van der Waals surface area contributed by atoms with Gasteiger partial charge in [0.25, 0.3) is 0 Å². The molecule has 0 bridgehead atoms. The fraction of sp³-hybridized carbons (Fsp3) is 0.364. The molecule has 1 aromatic rings. The van der Waals surface area contributed by atoms with Gasteiger partial charge in [-0.15, -0.1) is 0 Å². The third-order valence-electron chi connectivity index (χ3n) is 2.19. The maximum absolute atomic E-state index is 12.0. The summed E-state index contributed by atoms with van der Waals surface area (Å²) < 4.78 is 64.0. The molecule has 0 saturated carbocycles. The third-order valence-corrected chi connectivity index (χ3v) is 3.13. The second kappa shape index (κ2) is 6.31. The lowest BCUT2D eigenvalue weighted by Crippen LogP contribution is -2.21. The van der Waals surface area contributed by atoms with Crippen LogP contribution in [-0.4, -0.2) is 27.1 Å². The first-order valence-corrected chi connectivity index (χ1v) is 7.24. The van der Waals surface area contributed by atoms with E-state index in [0.29, 0.717) is 0 Å². The number of rotatable bonds is 5. The van der Waals surface area contributed by atoms with Crippen molar-refractivity contribution in [1.29, 1.82) is 0 Å². The fourth-order valence-electron chi connectivity index (χ4n) is 1.47. The van der Waals surface area contributed by atoms with Crippen LogP contribution in [0, 0.1) is 0 Å². The molecule has 0 radical (unpaired) electrons. The monoisotopic (exact) mass is 326 g/mol. The Morgan fingerprint density at radius 1 is 1.38 bits per heavy atom. The zero-order chi connectivity index (χ0) is 16.3. The number of alkyl halides is 3. The zero-order valence-corrected chi connectivity index (χ0v) is 11.7. The number of nitrogens with two attached hydrogens (primary N) is 1. The van der Waals surface area contributed by atoms with Crippen LogP contribution in [-0.2, 0) is 14.8 Å². The highest BCUT2D eigenvalue weighted by atomic mass is 32.2. The van der Waals surface area contributed by atoms with E-state index < -0.39 is 33.4 Å². The van der Waals surface area contributed by atoms with Crippen molar-refractivity contribution in [3.63, 3.8) is 0 Å². The highest BCUT2D eigenvalue weighted by molar-refractivity contribution is 7.89. The second-order valence-electron chi connectivity index (χ2n) is 3.98. The first kappa shape index (κ1) is 17.2. The van der Waals surface area contributed by atoms with Crippen LogP contribution in [0.25, 0.3) is 0 Å². The number of carbonyl (C=O) groups excluding carboxylic acids is 1. The highest BCUT2D eigenvalue weighted by Gasteiger charge is 2.31. The Kier molecular flexibility index (Phi) is 5.18. The van der Waals surface area contributed by atoms with E-state index in [1.807, 2.05) is 5.32 Å². The first-order chi connectivity index (χ1) is 9.53. The van der Waals surface area contributed by atoms with Crippen molar-refractivity contribution in [1.82, 2.24) is 0 Å². The number of primary sulfonamides is 1. The van der Waals surface area contributed by atoms with E-state index in [4.69, 9.17) is 9.88 Å². The molecule has 21 heavy (non-hydrogen) atoms. The summed E-state index contributed by atoms with van der Waals surface area (Å²) in [5.41, 5.74) is -0.128. The number of anilines is 1. The van der Waals surface area contributed by atoms with Gasteiger partial charge in [-0.05, 0) is 25.1 Å². The lowest BCUT2D eigenvalue weighted by atomic mass is 10.3. The molecule has 1 aromatic carbocycles. The third kappa shape index (κ3) is 5.60. The summed E-state index contributed by atoms with van der Waals surface area (Å²) in [5.74, 6) is -1.36. The first-order valence-electron chi connectivity index (χ1n) is 5.69. The molecule has 0 fully saturated rings.